The van der Waals surface area contributed by atoms with Crippen LogP contribution in [-0.4, -0.2) is 43.0 Å². The molecule has 0 aromatic heterocycles. The summed E-state index contributed by atoms with van der Waals surface area (Å²) in [6.07, 6.45) is 1.86. The number of nitriles is 1. The van der Waals surface area contributed by atoms with Gasteiger partial charge in [-0.1, -0.05) is 0 Å². The maximum atomic E-state index is 12.3. The third-order valence-electron chi connectivity index (χ3n) is 4.53. The van der Waals surface area contributed by atoms with Gasteiger partial charge < -0.3 is 19.9 Å². The minimum absolute atomic E-state index is 0.0969. The molecule has 1 aromatic rings. The van der Waals surface area contributed by atoms with E-state index in [0.717, 1.165) is 12.8 Å². The van der Waals surface area contributed by atoms with E-state index in [2.05, 4.69) is 11.4 Å². The fraction of sp³-hybridized carbons (Fsp3) is 0.529. The molecule has 3 rings (SSSR count). The van der Waals surface area contributed by atoms with Crippen LogP contribution in [0.5, 0.6) is 5.75 Å². The molecule has 1 saturated carbocycles. The summed E-state index contributed by atoms with van der Waals surface area (Å²) in [6, 6.07) is 8.78. The van der Waals surface area contributed by atoms with Crippen LogP contribution in [0.4, 0.5) is 0 Å². The fourth-order valence-corrected chi connectivity index (χ4v) is 2.71. The van der Waals surface area contributed by atoms with Gasteiger partial charge in [-0.2, -0.15) is 5.26 Å². The Morgan fingerprint density at radius 3 is 2.78 bits per heavy atom. The molecule has 0 unspecified atom stereocenters. The lowest BCUT2D eigenvalue weighted by Gasteiger charge is -2.33. The Morgan fingerprint density at radius 1 is 1.43 bits per heavy atom. The topological polar surface area (TPSA) is 91.6 Å². The van der Waals surface area contributed by atoms with Crippen LogP contribution in [0, 0.1) is 16.7 Å². The second kappa shape index (κ2) is 6.57. The lowest BCUT2D eigenvalue weighted by molar-refractivity contribution is -0.130. The Labute approximate surface area is 135 Å². The molecule has 1 aliphatic carbocycles. The molecule has 122 valence electrons. The predicted octanol–water partition coefficient (Wildman–Crippen LogP) is 0.983. The lowest BCUT2D eigenvalue weighted by atomic mass is 10.0. The SMILES string of the molecule is N#Cc1ccc(O[C@@H]2COCC[C@H]2NC(=O)C2(CO)CC2)cc1. The summed E-state index contributed by atoms with van der Waals surface area (Å²) in [6.45, 7) is 0.866. The largest absolute Gasteiger partial charge is 0.486 e. The first kappa shape index (κ1) is 15.8. The number of nitrogens with one attached hydrogen (secondary N) is 1. The highest BCUT2D eigenvalue weighted by molar-refractivity contribution is 5.85. The Bertz CT molecular complexity index is 604. The van der Waals surface area contributed by atoms with E-state index in [1.54, 1.807) is 24.3 Å². The third kappa shape index (κ3) is 3.46. The van der Waals surface area contributed by atoms with E-state index < -0.39 is 5.41 Å². The Hall–Kier alpha value is -2.10. The zero-order valence-corrected chi connectivity index (χ0v) is 12.8. The van der Waals surface area contributed by atoms with Crippen molar-refractivity contribution < 1.29 is 19.4 Å². The standard InChI is InChI=1S/C17H20N2O4/c18-9-12-1-3-13(4-2-12)23-15-10-22-8-5-14(15)19-16(21)17(11-20)6-7-17/h1-4,14-15,20H,5-8,10-11H2,(H,19,21)/t14-,15-/m1/s1. The van der Waals surface area contributed by atoms with Crippen LogP contribution < -0.4 is 10.1 Å². The van der Waals surface area contributed by atoms with Crippen molar-refractivity contribution in [3.63, 3.8) is 0 Å². The van der Waals surface area contributed by atoms with Crippen molar-refractivity contribution in [1.29, 1.82) is 5.26 Å². The van der Waals surface area contributed by atoms with Crippen LogP contribution in [0.25, 0.3) is 0 Å². The van der Waals surface area contributed by atoms with E-state index in [0.29, 0.717) is 30.9 Å². The number of amides is 1. The van der Waals surface area contributed by atoms with Crippen LogP contribution >= 0.6 is 0 Å². The summed E-state index contributed by atoms with van der Waals surface area (Å²) in [7, 11) is 0. The molecule has 1 aromatic carbocycles. The summed E-state index contributed by atoms with van der Waals surface area (Å²) in [5, 5.41) is 21.2. The highest BCUT2D eigenvalue weighted by atomic mass is 16.5. The maximum Gasteiger partial charge on any atom is 0.228 e. The molecule has 1 saturated heterocycles. The molecule has 1 amide bonds. The second-order valence-corrected chi connectivity index (χ2v) is 6.17. The minimum Gasteiger partial charge on any atom is -0.486 e. The number of aliphatic hydroxyl groups is 1. The van der Waals surface area contributed by atoms with Crippen molar-refractivity contribution in [3.05, 3.63) is 29.8 Å². The normalized spacial score (nSPS) is 25.2. The molecule has 6 heteroatoms. The van der Waals surface area contributed by atoms with Gasteiger partial charge in [0.05, 0.1) is 36.3 Å². The molecule has 1 aliphatic heterocycles. The zero-order chi connectivity index (χ0) is 16.3. The van der Waals surface area contributed by atoms with Crippen LogP contribution in [0.15, 0.2) is 24.3 Å². The number of ether oxygens (including phenoxy) is 2. The molecule has 2 N–H and O–H groups in total. The Balaban J connectivity index is 1.64. The van der Waals surface area contributed by atoms with Gasteiger partial charge in [0, 0.05) is 6.61 Å². The lowest BCUT2D eigenvalue weighted by Crippen LogP contribution is -2.53. The number of benzene rings is 1. The summed E-state index contributed by atoms with van der Waals surface area (Å²) in [5.74, 6) is 0.544. The number of carbonyl (C=O) groups excluding carboxylic acids is 1. The highest BCUT2D eigenvalue weighted by Crippen LogP contribution is 2.45. The van der Waals surface area contributed by atoms with Gasteiger partial charge in [-0.15, -0.1) is 0 Å². The van der Waals surface area contributed by atoms with Gasteiger partial charge in [-0.05, 0) is 43.5 Å². The summed E-state index contributed by atoms with van der Waals surface area (Å²) < 4.78 is 11.4. The van der Waals surface area contributed by atoms with E-state index in [4.69, 9.17) is 14.7 Å². The quantitative estimate of drug-likeness (QED) is 0.845. The van der Waals surface area contributed by atoms with Gasteiger partial charge >= 0.3 is 0 Å². The van der Waals surface area contributed by atoms with E-state index in [-0.39, 0.29) is 24.7 Å². The molecule has 2 fully saturated rings. The zero-order valence-electron chi connectivity index (χ0n) is 12.8. The number of hydrogen-bond donors (Lipinski definition) is 2. The van der Waals surface area contributed by atoms with Crippen LogP contribution in [0.3, 0.4) is 0 Å². The first-order chi connectivity index (χ1) is 11.2. The van der Waals surface area contributed by atoms with E-state index in [1.165, 1.54) is 0 Å². The van der Waals surface area contributed by atoms with Crippen LogP contribution in [0.1, 0.15) is 24.8 Å². The van der Waals surface area contributed by atoms with Gasteiger partial charge in [0.15, 0.2) is 0 Å². The van der Waals surface area contributed by atoms with Crippen molar-refractivity contribution in [1.82, 2.24) is 5.32 Å². The van der Waals surface area contributed by atoms with Crippen LogP contribution in [0.2, 0.25) is 0 Å². The maximum absolute atomic E-state index is 12.3. The second-order valence-electron chi connectivity index (χ2n) is 6.17. The van der Waals surface area contributed by atoms with Crippen LogP contribution in [-0.2, 0) is 9.53 Å². The number of nitrogens with zero attached hydrogens (tertiary/aromatic N) is 1. The number of rotatable bonds is 5. The third-order valence-corrected chi connectivity index (χ3v) is 4.53. The molecule has 0 radical (unpaired) electrons. The molecule has 23 heavy (non-hydrogen) atoms. The summed E-state index contributed by atoms with van der Waals surface area (Å²) >= 11 is 0. The monoisotopic (exact) mass is 316 g/mol. The van der Waals surface area contributed by atoms with E-state index >= 15 is 0 Å². The predicted molar refractivity (Wildman–Crippen MR) is 81.7 cm³/mol. The first-order valence-corrected chi connectivity index (χ1v) is 7.83. The average Bonchev–Trinajstić information content (AvgIpc) is 3.38. The summed E-state index contributed by atoms with van der Waals surface area (Å²) in [4.78, 5) is 12.3. The first-order valence-electron chi connectivity index (χ1n) is 7.83. The number of aliphatic hydroxyl groups excluding tert-OH is 1. The molecular formula is C17H20N2O4. The van der Waals surface area contributed by atoms with Gasteiger partial charge in [-0.25, -0.2) is 0 Å². The van der Waals surface area contributed by atoms with E-state index in [9.17, 15) is 9.90 Å². The molecule has 2 aliphatic rings. The van der Waals surface area contributed by atoms with Crippen molar-refractivity contribution in [2.24, 2.45) is 5.41 Å². The van der Waals surface area contributed by atoms with E-state index in [1.807, 2.05) is 0 Å². The van der Waals surface area contributed by atoms with Crippen molar-refractivity contribution in [2.45, 2.75) is 31.4 Å². The molecular weight excluding hydrogens is 296 g/mol. The fourth-order valence-electron chi connectivity index (χ4n) is 2.71. The van der Waals surface area contributed by atoms with Crippen molar-refractivity contribution in [3.8, 4) is 11.8 Å². The molecule has 1 heterocycles. The Kier molecular flexibility index (Phi) is 4.51. The van der Waals surface area contributed by atoms with Gasteiger partial charge in [0.2, 0.25) is 5.91 Å². The highest BCUT2D eigenvalue weighted by Gasteiger charge is 2.50. The smallest absolute Gasteiger partial charge is 0.228 e. The molecule has 0 bridgehead atoms. The van der Waals surface area contributed by atoms with Gasteiger partial charge in [0.1, 0.15) is 11.9 Å². The van der Waals surface area contributed by atoms with Gasteiger partial charge in [0.25, 0.3) is 0 Å². The molecule has 2 atom stereocenters. The van der Waals surface area contributed by atoms with Crippen molar-refractivity contribution in [2.75, 3.05) is 19.8 Å². The molecule has 0 spiro atoms. The Morgan fingerprint density at radius 2 is 2.17 bits per heavy atom. The summed E-state index contributed by atoms with van der Waals surface area (Å²) in [5.41, 5.74) is -0.0159. The van der Waals surface area contributed by atoms with Gasteiger partial charge in [-0.3, -0.25) is 4.79 Å². The van der Waals surface area contributed by atoms with Crippen molar-refractivity contribution >= 4 is 5.91 Å². The number of hydrogen-bond acceptors (Lipinski definition) is 5. The average molecular weight is 316 g/mol. The molecule has 6 nitrogen and oxygen atoms in total. The number of carbonyl (C=O) groups is 1. The minimum atomic E-state index is -0.586.